The van der Waals surface area contributed by atoms with Crippen molar-refractivity contribution in [1.29, 1.82) is 0 Å². The van der Waals surface area contributed by atoms with Crippen molar-refractivity contribution in [2.24, 2.45) is 0 Å². The fraction of sp³-hybridized carbons (Fsp3) is 0.250. The van der Waals surface area contributed by atoms with Gasteiger partial charge in [0.15, 0.2) is 0 Å². The smallest absolute Gasteiger partial charge is 0.404 e. The molecule has 2 aromatic rings. The molecule has 0 bridgehead atoms. The van der Waals surface area contributed by atoms with Crippen LogP contribution in [0.5, 0.6) is 0 Å². The third-order valence-corrected chi connectivity index (χ3v) is 3.16. The number of aromatic nitrogens is 1. The van der Waals surface area contributed by atoms with Crippen LogP contribution in [0.2, 0.25) is 0 Å². The van der Waals surface area contributed by atoms with Crippen LogP contribution in [0.3, 0.4) is 0 Å². The van der Waals surface area contributed by atoms with Crippen LogP contribution >= 0.6 is 0 Å². The second kappa shape index (κ2) is 7.28. The number of aryl methyl sites for hydroxylation is 1. The fourth-order valence-electron chi connectivity index (χ4n) is 2.19. The number of nitrogens with zero attached hydrogens (tertiary/aromatic N) is 1. The van der Waals surface area contributed by atoms with E-state index in [-0.39, 0.29) is 0 Å². The number of nitrogens with one attached hydrogen (secondary N) is 1. The number of carbonyl (C=O) groups is 1. The minimum atomic E-state index is -0.956. The zero-order chi connectivity index (χ0) is 14.2. The molecule has 1 amide bonds. The van der Waals surface area contributed by atoms with Crippen molar-refractivity contribution in [2.75, 3.05) is 6.54 Å². The van der Waals surface area contributed by atoms with Crippen LogP contribution in [0.25, 0.3) is 11.1 Å². The molecule has 4 heteroatoms. The number of hydrogen-bond acceptors (Lipinski definition) is 2. The molecule has 0 saturated carbocycles. The highest BCUT2D eigenvalue weighted by Crippen LogP contribution is 2.24. The Bertz CT molecular complexity index is 555. The Morgan fingerprint density at radius 2 is 1.85 bits per heavy atom. The monoisotopic (exact) mass is 270 g/mol. The Morgan fingerprint density at radius 1 is 1.10 bits per heavy atom. The number of unbranched alkanes of at least 4 members (excludes halogenated alkanes) is 1. The largest absolute Gasteiger partial charge is 0.465 e. The molecule has 2 N–H and O–H groups in total. The van der Waals surface area contributed by atoms with Crippen LogP contribution in [-0.4, -0.2) is 22.7 Å². The van der Waals surface area contributed by atoms with E-state index < -0.39 is 6.09 Å². The summed E-state index contributed by atoms with van der Waals surface area (Å²) in [5.41, 5.74) is 3.68. The first kappa shape index (κ1) is 14.1. The van der Waals surface area contributed by atoms with Crippen molar-refractivity contribution in [3.63, 3.8) is 0 Å². The number of amides is 1. The number of pyridine rings is 1. The second-order valence-electron chi connectivity index (χ2n) is 4.58. The van der Waals surface area contributed by atoms with E-state index in [4.69, 9.17) is 5.11 Å². The van der Waals surface area contributed by atoms with E-state index >= 15 is 0 Å². The Labute approximate surface area is 118 Å². The molecular weight excluding hydrogens is 252 g/mol. The Balaban J connectivity index is 1.97. The first-order chi connectivity index (χ1) is 9.77. The standard InChI is InChI=1S/C16H18N2O2/c19-16(20)18-10-4-3-6-13-5-1-2-7-15(13)14-8-11-17-12-9-14/h1-2,5,7-9,11-12,18H,3-4,6,10H2,(H,19,20). The van der Waals surface area contributed by atoms with Gasteiger partial charge in [0.25, 0.3) is 0 Å². The third-order valence-electron chi connectivity index (χ3n) is 3.16. The molecule has 1 aromatic carbocycles. The lowest BCUT2D eigenvalue weighted by molar-refractivity contribution is 0.194. The van der Waals surface area contributed by atoms with Gasteiger partial charge in [-0.2, -0.15) is 0 Å². The van der Waals surface area contributed by atoms with Crippen LogP contribution in [0, 0.1) is 0 Å². The number of rotatable bonds is 6. The summed E-state index contributed by atoms with van der Waals surface area (Å²) in [5.74, 6) is 0. The first-order valence-corrected chi connectivity index (χ1v) is 6.72. The van der Waals surface area contributed by atoms with Crippen molar-refractivity contribution < 1.29 is 9.90 Å². The molecular formula is C16H18N2O2. The molecule has 4 nitrogen and oxygen atoms in total. The molecule has 0 spiro atoms. The van der Waals surface area contributed by atoms with Crippen LogP contribution < -0.4 is 5.32 Å². The van der Waals surface area contributed by atoms with Crippen LogP contribution in [-0.2, 0) is 6.42 Å². The summed E-state index contributed by atoms with van der Waals surface area (Å²) < 4.78 is 0. The summed E-state index contributed by atoms with van der Waals surface area (Å²) in [6.07, 6.45) is 5.38. The van der Waals surface area contributed by atoms with E-state index in [0.29, 0.717) is 6.54 Å². The Kier molecular flexibility index (Phi) is 5.12. The molecule has 1 heterocycles. The van der Waals surface area contributed by atoms with Crippen LogP contribution in [0.4, 0.5) is 4.79 Å². The maximum atomic E-state index is 10.4. The molecule has 0 radical (unpaired) electrons. The molecule has 20 heavy (non-hydrogen) atoms. The van der Waals surface area contributed by atoms with Crippen molar-refractivity contribution in [3.05, 3.63) is 54.4 Å². The summed E-state index contributed by atoms with van der Waals surface area (Å²) in [5, 5.41) is 10.9. The van der Waals surface area contributed by atoms with Crippen molar-refractivity contribution in [2.45, 2.75) is 19.3 Å². The van der Waals surface area contributed by atoms with Crippen LogP contribution in [0.1, 0.15) is 18.4 Å². The van der Waals surface area contributed by atoms with E-state index in [0.717, 1.165) is 19.3 Å². The lowest BCUT2D eigenvalue weighted by Crippen LogP contribution is -2.21. The predicted molar refractivity (Wildman–Crippen MR) is 78.6 cm³/mol. The lowest BCUT2D eigenvalue weighted by atomic mass is 9.97. The molecule has 0 aliphatic carbocycles. The van der Waals surface area contributed by atoms with Crippen molar-refractivity contribution in [3.8, 4) is 11.1 Å². The molecule has 0 aliphatic heterocycles. The van der Waals surface area contributed by atoms with Gasteiger partial charge in [-0.05, 0) is 48.1 Å². The van der Waals surface area contributed by atoms with Gasteiger partial charge in [0.1, 0.15) is 0 Å². The zero-order valence-electron chi connectivity index (χ0n) is 11.2. The molecule has 0 aliphatic rings. The SMILES string of the molecule is O=C(O)NCCCCc1ccccc1-c1ccncc1. The van der Waals surface area contributed by atoms with Gasteiger partial charge in [-0.25, -0.2) is 4.79 Å². The third kappa shape index (κ3) is 4.09. The molecule has 0 atom stereocenters. The maximum Gasteiger partial charge on any atom is 0.404 e. The van der Waals surface area contributed by atoms with E-state index in [1.165, 1.54) is 16.7 Å². The minimum Gasteiger partial charge on any atom is -0.465 e. The van der Waals surface area contributed by atoms with Gasteiger partial charge in [-0.3, -0.25) is 4.98 Å². The fourth-order valence-corrected chi connectivity index (χ4v) is 2.19. The molecule has 0 saturated heterocycles. The molecule has 0 unspecified atom stereocenters. The van der Waals surface area contributed by atoms with Crippen LogP contribution in [0.15, 0.2) is 48.8 Å². The van der Waals surface area contributed by atoms with E-state index in [1.54, 1.807) is 12.4 Å². The predicted octanol–water partition coefficient (Wildman–Crippen LogP) is 3.34. The second-order valence-corrected chi connectivity index (χ2v) is 4.58. The molecule has 0 fully saturated rings. The van der Waals surface area contributed by atoms with Gasteiger partial charge in [0, 0.05) is 18.9 Å². The average Bonchev–Trinajstić information content (AvgIpc) is 2.48. The summed E-state index contributed by atoms with van der Waals surface area (Å²) >= 11 is 0. The number of benzene rings is 1. The molecule has 104 valence electrons. The summed E-state index contributed by atoms with van der Waals surface area (Å²) in [6, 6.07) is 12.3. The Hall–Kier alpha value is -2.36. The number of carboxylic acid groups (broad SMARTS) is 1. The van der Waals surface area contributed by atoms with E-state index in [2.05, 4.69) is 22.4 Å². The van der Waals surface area contributed by atoms with Gasteiger partial charge in [-0.15, -0.1) is 0 Å². The summed E-state index contributed by atoms with van der Waals surface area (Å²) in [6.45, 7) is 0.507. The summed E-state index contributed by atoms with van der Waals surface area (Å²) in [4.78, 5) is 14.4. The lowest BCUT2D eigenvalue weighted by Gasteiger charge is -2.09. The first-order valence-electron chi connectivity index (χ1n) is 6.72. The minimum absolute atomic E-state index is 0.507. The maximum absolute atomic E-state index is 10.4. The van der Waals surface area contributed by atoms with Gasteiger partial charge in [0.05, 0.1) is 0 Å². The quantitative estimate of drug-likeness (QED) is 0.791. The highest BCUT2D eigenvalue weighted by Gasteiger charge is 2.04. The van der Waals surface area contributed by atoms with Crippen molar-refractivity contribution in [1.82, 2.24) is 10.3 Å². The average molecular weight is 270 g/mol. The van der Waals surface area contributed by atoms with E-state index in [9.17, 15) is 4.79 Å². The normalized spacial score (nSPS) is 10.2. The summed E-state index contributed by atoms with van der Waals surface area (Å²) in [7, 11) is 0. The van der Waals surface area contributed by atoms with Gasteiger partial charge >= 0.3 is 6.09 Å². The van der Waals surface area contributed by atoms with Crippen molar-refractivity contribution >= 4 is 6.09 Å². The van der Waals surface area contributed by atoms with Gasteiger partial charge < -0.3 is 10.4 Å². The topological polar surface area (TPSA) is 62.2 Å². The highest BCUT2D eigenvalue weighted by molar-refractivity contribution is 5.66. The van der Waals surface area contributed by atoms with Gasteiger partial charge in [0.2, 0.25) is 0 Å². The zero-order valence-corrected chi connectivity index (χ0v) is 11.2. The van der Waals surface area contributed by atoms with Gasteiger partial charge in [-0.1, -0.05) is 24.3 Å². The molecule has 2 rings (SSSR count). The number of hydrogen-bond donors (Lipinski definition) is 2. The van der Waals surface area contributed by atoms with E-state index in [1.807, 2.05) is 24.3 Å². The highest BCUT2D eigenvalue weighted by atomic mass is 16.4. The Morgan fingerprint density at radius 3 is 2.60 bits per heavy atom. The molecule has 1 aromatic heterocycles.